The SMILES string of the molecule is Cc1cc(Br)ccc1NC(=O)COC(=O)CCC(=O)c1ccc(F)cc1. The predicted molar refractivity (Wildman–Crippen MR) is 98.4 cm³/mol. The van der Waals surface area contributed by atoms with Crippen molar-refractivity contribution in [1.29, 1.82) is 0 Å². The molecule has 0 aliphatic rings. The number of hydrogen-bond acceptors (Lipinski definition) is 4. The molecule has 0 radical (unpaired) electrons. The molecule has 0 aliphatic carbocycles. The first-order valence-electron chi connectivity index (χ1n) is 7.85. The number of amides is 1. The Morgan fingerprint density at radius 3 is 2.42 bits per heavy atom. The summed E-state index contributed by atoms with van der Waals surface area (Å²) in [4.78, 5) is 35.4. The van der Waals surface area contributed by atoms with Gasteiger partial charge in [0.25, 0.3) is 5.91 Å². The number of rotatable bonds is 7. The van der Waals surface area contributed by atoms with E-state index in [4.69, 9.17) is 4.74 Å². The molecule has 0 atom stereocenters. The Morgan fingerprint density at radius 2 is 1.77 bits per heavy atom. The molecular formula is C19H17BrFNO4. The second-order valence-electron chi connectivity index (χ2n) is 5.60. The van der Waals surface area contributed by atoms with Gasteiger partial charge in [-0.15, -0.1) is 0 Å². The van der Waals surface area contributed by atoms with E-state index in [2.05, 4.69) is 21.2 Å². The zero-order valence-electron chi connectivity index (χ0n) is 14.1. The number of nitrogens with one attached hydrogen (secondary N) is 1. The van der Waals surface area contributed by atoms with Crippen molar-refractivity contribution in [2.45, 2.75) is 19.8 Å². The molecule has 0 spiro atoms. The van der Waals surface area contributed by atoms with Crippen molar-refractivity contribution < 1.29 is 23.5 Å². The third-order valence-corrected chi connectivity index (χ3v) is 4.04. The van der Waals surface area contributed by atoms with Gasteiger partial charge in [0.05, 0.1) is 6.42 Å². The molecule has 7 heteroatoms. The number of ether oxygens (including phenoxy) is 1. The lowest BCUT2D eigenvalue weighted by Crippen LogP contribution is -2.21. The second-order valence-corrected chi connectivity index (χ2v) is 6.51. The molecule has 2 aromatic carbocycles. The van der Waals surface area contributed by atoms with E-state index >= 15 is 0 Å². The smallest absolute Gasteiger partial charge is 0.306 e. The number of aryl methyl sites for hydroxylation is 1. The summed E-state index contributed by atoms with van der Waals surface area (Å²) in [7, 11) is 0. The summed E-state index contributed by atoms with van der Waals surface area (Å²) in [5, 5.41) is 2.65. The van der Waals surface area contributed by atoms with Gasteiger partial charge in [-0.25, -0.2) is 4.39 Å². The van der Waals surface area contributed by atoms with Crippen LogP contribution in [0, 0.1) is 12.7 Å². The minimum Gasteiger partial charge on any atom is -0.456 e. The molecule has 0 aliphatic heterocycles. The van der Waals surface area contributed by atoms with E-state index < -0.39 is 24.3 Å². The van der Waals surface area contributed by atoms with Gasteiger partial charge < -0.3 is 10.1 Å². The van der Waals surface area contributed by atoms with E-state index in [1.165, 1.54) is 24.3 Å². The van der Waals surface area contributed by atoms with Crippen LogP contribution < -0.4 is 5.32 Å². The molecule has 26 heavy (non-hydrogen) atoms. The molecular weight excluding hydrogens is 405 g/mol. The van der Waals surface area contributed by atoms with Crippen molar-refractivity contribution in [1.82, 2.24) is 0 Å². The van der Waals surface area contributed by atoms with E-state index in [1.54, 1.807) is 12.1 Å². The van der Waals surface area contributed by atoms with Gasteiger partial charge >= 0.3 is 5.97 Å². The second kappa shape index (κ2) is 9.24. The number of esters is 1. The first-order chi connectivity index (χ1) is 12.3. The molecule has 2 aromatic rings. The molecule has 1 N–H and O–H groups in total. The Kier molecular flexibility index (Phi) is 7.03. The van der Waals surface area contributed by atoms with E-state index in [1.807, 2.05) is 13.0 Å². The standard InChI is InChI=1S/C19H17BrFNO4/c1-12-10-14(20)4-7-16(12)22-18(24)11-26-19(25)9-8-17(23)13-2-5-15(21)6-3-13/h2-7,10H,8-9,11H2,1H3,(H,22,24). The maximum atomic E-state index is 12.8. The quantitative estimate of drug-likeness (QED) is 0.540. The lowest BCUT2D eigenvalue weighted by Gasteiger charge is -2.09. The molecule has 0 aromatic heterocycles. The topological polar surface area (TPSA) is 72.5 Å². The van der Waals surface area contributed by atoms with Gasteiger partial charge in [0.2, 0.25) is 0 Å². The van der Waals surface area contributed by atoms with Crippen LogP contribution in [-0.2, 0) is 14.3 Å². The van der Waals surface area contributed by atoms with Gasteiger partial charge in [-0.05, 0) is 55.0 Å². The molecule has 1 amide bonds. The van der Waals surface area contributed by atoms with Gasteiger partial charge in [0.1, 0.15) is 5.82 Å². The average Bonchev–Trinajstić information content (AvgIpc) is 2.61. The molecule has 5 nitrogen and oxygen atoms in total. The molecule has 0 bridgehead atoms. The van der Waals surface area contributed by atoms with E-state index in [9.17, 15) is 18.8 Å². The number of carbonyl (C=O) groups excluding carboxylic acids is 3. The van der Waals surface area contributed by atoms with Crippen molar-refractivity contribution in [3.8, 4) is 0 Å². The molecule has 2 rings (SSSR count). The maximum Gasteiger partial charge on any atom is 0.306 e. The summed E-state index contributed by atoms with van der Waals surface area (Å²) < 4.78 is 18.6. The van der Waals surface area contributed by atoms with Crippen LogP contribution >= 0.6 is 15.9 Å². The van der Waals surface area contributed by atoms with Gasteiger partial charge in [-0.3, -0.25) is 14.4 Å². The van der Waals surface area contributed by atoms with Crippen molar-refractivity contribution in [3.05, 3.63) is 63.9 Å². The summed E-state index contributed by atoms with van der Waals surface area (Å²) in [5.41, 5.74) is 1.81. The highest BCUT2D eigenvalue weighted by Crippen LogP contribution is 2.19. The molecule has 0 saturated heterocycles. The number of anilines is 1. The number of hydrogen-bond donors (Lipinski definition) is 1. The largest absolute Gasteiger partial charge is 0.456 e. The van der Waals surface area contributed by atoms with Gasteiger partial charge in [-0.1, -0.05) is 15.9 Å². The van der Waals surface area contributed by atoms with Crippen molar-refractivity contribution in [2.24, 2.45) is 0 Å². The summed E-state index contributed by atoms with van der Waals surface area (Å²) in [6.07, 6.45) is -0.224. The highest BCUT2D eigenvalue weighted by Gasteiger charge is 2.12. The number of halogens is 2. The van der Waals surface area contributed by atoms with E-state index in [-0.39, 0.29) is 18.6 Å². The number of ketones is 1. The van der Waals surface area contributed by atoms with Crippen LogP contribution in [0.25, 0.3) is 0 Å². The summed E-state index contributed by atoms with van der Waals surface area (Å²) in [6.45, 7) is 1.41. The van der Waals surface area contributed by atoms with Crippen molar-refractivity contribution >= 4 is 39.3 Å². The van der Waals surface area contributed by atoms with Crippen LogP contribution in [0.3, 0.4) is 0 Å². The minimum absolute atomic E-state index is 0.0715. The first-order valence-corrected chi connectivity index (χ1v) is 8.65. The Morgan fingerprint density at radius 1 is 1.08 bits per heavy atom. The Hall–Kier alpha value is -2.54. The first kappa shape index (κ1) is 19.8. The fourth-order valence-corrected chi connectivity index (χ4v) is 2.64. The fourth-order valence-electron chi connectivity index (χ4n) is 2.17. The Labute approximate surface area is 158 Å². The zero-order chi connectivity index (χ0) is 19.1. The maximum absolute atomic E-state index is 12.8. The van der Waals surface area contributed by atoms with E-state index in [0.717, 1.165) is 10.0 Å². The minimum atomic E-state index is -0.650. The van der Waals surface area contributed by atoms with Gasteiger partial charge in [-0.2, -0.15) is 0 Å². The Balaban J connectivity index is 1.74. The number of carbonyl (C=O) groups is 3. The summed E-state index contributed by atoms with van der Waals surface area (Å²) in [5.74, 6) is -1.85. The predicted octanol–water partition coefficient (Wildman–Crippen LogP) is 4.04. The van der Waals surface area contributed by atoms with Crippen molar-refractivity contribution in [3.63, 3.8) is 0 Å². The molecule has 136 valence electrons. The zero-order valence-corrected chi connectivity index (χ0v) is 15.6. The normalized spacial score (nSPS) is 10.3. The van der Waals surface area contributed by atoms with Crippen LogP contribution in [-0.4, -0.2) is 24.3 Å². The van der Waals surface area contributed by atoms with Crippen molar-refractivity contribution in [2.75, 3.05) is 11.9 Å². The average molecular weight is 422 g/mol. The Bertz CT molecular complexity index is 821. The van der Waals surface area contributed by atoms with E-state index in [0.29, 0.717) is 11.3 Å². The fraction of sp³-hybridized carbons (Fsp3) is 0.211. The van der Waals surface area contributed by atoms with Crippen LogP contribution in [0.15, 0.2) is 46.9 Å². The number of Topliss-reactive ketones (excluding diaryl/α,β-unsaturated/α-hetero) is 1. The lowest BCUT2D eigenvalue weighted by molar-refractivity contribution is -0.147. The molecule has 0 fully saturated rings. The highest BCUT2D eigenvalue weighted by molar-refractivity contribution is 9.10. The third-order valence-electron chi connectivity index (χ3n) is 3.55. The molecule has 0 saturated carbocycles. The monoisotopic (exact) mass is 421 g/mol. The van der Waals surface area contributed by atoms with Crippen LogP contribution in [0.1, 0.15) is 28.8 Å². The van der Waals surface area contributed by atoms with Crippen LogP contribution in [0.5, 0.6) is 0 Å². The third kappa shape index (κ3) is 6.07. The van der Waals surface area contributed by atoms with Crippen LogP contribution in [0.4, 0.5) is 10.1 Å². The highest BCUT2D eigenvalue weighted by atomic mass is 79.9. The summed E-state index contributed by atoms with van der Waals surface area (Å²) in [6, 6.07) is 10.5. The molecule has 0 unspecified atom stereocenters. The van der Waals surface area contributed by atoms with Gasteiger partial charge in [0, 0.05) is 22.1 Å². The lowest BCUT2D eigenvalue weighted by atomic mass is 10.1. The van der Waals surface area contributed by atoms with Gasteiger partial charge in [0.15, 0.2) is 12.4 Å². The molecule has 0 heterocycles. The van der Waals surface area contributed by atoms with Crippen LogP contribution in [0.2, 0.25) is 0 Å². The summed E-state index contributed by atoms with van der Waals surface area (Å²) >= 11 is 3.33. The number of benzene rings is 2.